The predicted molar refractivity (Wildman–Crippen MR) is 53.8 cm³/mol. The van der Waals surface area contributed by atoms with Crippen molar-refractivity contribution in [2.75, 3.05) is 19.7 Å². The van der Waals surface area contributed by atoms with E-state index in [1.54, 1.807) is 4.90 Å². The van der Waals surface area contributed by atoms with E-state index < -0.39 is 0 Å². The molecule has 0 rings (SSSR count). The molecule has 0 N–H and O–H groups in total. The summed E-state index contributed by atoms with van der Waals surface area (Å²) in [6.45, 7) is 8.17. The average molecular weight is 187 g/mol. The van der Waals surface area contributed by atoms with Crippen LogP contribution in [0.2, 0.25) is 0 Å². The Bertz CT molecular complexity index is 137. The van der Waals surface area contributed by atoms with Crippen LogP contribution >= 0.6 is 0 Å². The Morgan fingerprint density at radius 3 is 2.38 bits per heavy atom. The lowest BCUT2D eigenvalue weighted by atomic mass is 10.3. The summed E-state index contributed by atoms with van der Waals surface area (Å²) in [4.78, 5) is 13.1. The van der Waals surface area contributed by atoms with Crippen LogP contribution in [0.15, 0.2) is 0 Å². The monoisotopic (exact) mass is 187 g/mol. The quantitative estimate of drug-likeness (QED) is 0.639. The molecule has 3 heteroatoms. The lowest BCUT2D eigenvalue weighted by molar-refractivity contribution is 0.104. The summed E-state index contributed by atoms with van der Waals surface area (Å²) in [5.74, 6) is 0. The molecule has 13 heavy (non-hydrogen) atoms. The van der Waals surface area contributed by atoms with E-state index in [-0.39, 0.29) is 6.09 Å². The molecule has 0 saturated heterocycles. The van der Waals surface area contributed by atoms with Crippen molar-refractivity contribution in [1.29, 1.82) is 0 Å². The Balaban J connectivity index is 3.71. The van der Waals surface area contributed by atoms with Gasteiger partial charge >= 0.3 is 6.09 Å². The predicted octanol–water partition coefficient (Wildman–Crippen LogP) is 2.66. The molecule has 0 aromatic heterocycles. The first-order valence-corrected chi connectivity index (χ1v) is 5.17. The normalized spacial score (nSPS) is 9.77. The molecule has 0 saturated carbocycles. The molecule has 0 atom stereocenters. The maximum Gasteiger partial charge on any atom is 0.409 e. The van der Waals surface area contributed by atoms with Crippen molar-refractivity contribution in [1.82, 2.24) is 4.90 Å². The van der Waals surface area contributed by atoms with Crippen LogP contribution in [0.4, 0.5) is 4.79 Å². The molecule has 0 radical (unpaired) electrons. The van der Waals surface area contributed by atoms with Crippen LogP contribution in [0.1, 0.15) is 40.0 Å². The van der Waals surface area contributed by atoms with Crippen LogP contribution < -0.4 is 0 Å². The summed E-state index contributed by atoms with van der Waals surface area (Å²) in [6.07, 6.45) is 2.88. The second kappa shape index (κ2) is 7.90. The lowest BCUT2D eigenvalue weighted by Gasteiger charge is -2.19. The molecule has 0 bridgehead atoms. The smallest absolute Gasteiger partial charge is 0.409 e. The topological polar surface area (TPSA) is 29.5 Å². The lowest BCUT2D eigenvalue weighted by Crippen LogP contribution is -2.32. The summed E-state index contributed by atoms with van der Waals surface area (Å²) >= 11 is 0. The van der Waals surface area contributed by atoms with Gasteiger partial charge in [-0.05, 0) is 19.8 Å². The van der Waals surface area contributed by atoms with E-state index in [2.05, 4.69) is 6.92 Å². The number of carbonyl (C=O) groups is 1. The SMILES string of the molecule is CCCCN(CC)C(=O)OCCC. The summed E-state index contributed by atoms with van der Waals surface area (Å²) < 4.78 is 5.03. The molecule has 0 aliphatic rings. The van der Waals surface area contributed by atoms with Crippen molar-refractivity contribution in [3.05, 3.63) is 0 Å². The number of ether oxygens (including phenoxy) is 1. The van der Waals surface area contributed by atoms with Gasteiger partial charge in [0.1, 0.15) is 0 Å². The number of hydrogen-bond acceptors (Lipinski definition) is 2. The highest BCUT2D eigenvalue weighted by molar-refractivity contribution is 5.67. The van der Waals surface area contributed by atoms with Crippen molar-refractivity contribution in [3.8, 4) is 0 Å². The van der Waals surface area contributed by atoms with Crippen molar-refractivity contribution in [2.45, 2.75) is 40.0 Å². The van der Waals surface area contributed by atoms with E-state index in [4.69, 9.17) is 4.74 Å². The molecule has 1 amide bonds. The number of hydrogen-bond donors (Lipinski definition) is 0. The van der Waals surface area contributed by atoms with Gasteiger partial charge in [0.25, 0.3) is 0 Å². The van der Waals surface area contributed by atoms with E-state index in [0.717, 1.165) is 32.4 Å². The highest BCUT2D eigenvalue weighted by atomic mass is 16.6. The van der Waals surface area contributed by atoms with Crippen LogP contribution in [0.3, 0.4) is 0 Å². The summed E-state index contributed by atoms with van der Waals surface area (Å²) in [7, 11) is 0. The van der Waals surface area contributed by atoms with Crippen molar-refractivity contribution in [2.24, 2.45) is 0 Å². The second-order valence-electron chi connectivity index (χ2n) is 3.05. The molecule has 0 unspecified atom stereocenters. The second-order valence-corrected chi connectivity index (χ2v) is 3.05. The number of amides is 1. The van der Waals surface area contributed by atoms with Gasteiger partial charge in [-0.25, -0.2) is 4.79 Å². The molecule has 0 aliphatic heterocycles. The minimum Gasteiger partial charge on any atom is -0.449 e. The summed E-state index contributed by atoms with van der Waals surface area (Å²) in [5, 5.41) is 0. The van der Waals surface area contributed by atoms with Crippen molar-refractivity contribution >= 4 is 6.09 Å². The van der Waals surface area contributed by atoms with Gasteiger partial charge in [0.2, 0.25) is 0 Å². The summed E-state index contributed by atoms with van der Waals surface area (Å²) in [6, 6.07) is 0. The maximum absolute atomic E-state index is 11.3. The number of rotatable bonds is 6. The largest absolute Gasteiger partial charge is 0.449 e. The van der Waals surface area contributed by atoms with Crippen LogP contribution in [0, 0.1) is 0 Å². The van der Waals surface area contributed by atoms with Crippen LogP contribution in [-0.2, 0) is 4.74 Å². The van der Waals surface area contributed by atoms with E-state index in [0.29, 0.717) is 6.61 Å². The van der Waals surface area contributed by atoms with Crippen LogP contribution in [-0.4, -0.2) is 30.7 Å². The van der Waals surface area contributed by atoms with Crippen LogP contribution in [0.25, 0.3) is 0 Å². The molecule has 0 heterocycles. The molecule has 0 aromatic carbocycles. The van der Waals surface area contributed by atoms with E-state index in [1.807, 2.05) is 13.8 Å². The molecule has 0 spiro atoms. The van der Waals surface area contributed by atoms with E-state index >= 15 is 0 Å². The Labute approximate surface area is 81.1 Å². The standard InChI is InChI=1S/C10H21NO2/c1-4-7-8-11(6-3)10(12)13-9-5-2/h4-9H2,1-3H3. The van der Waals surface area contributed by atoms with Gasteiger partial charge in [0.15, 0.2) is 0 Å². The van der Waals surface area contributed by atoms with Gasteiger partial charge in [-0.3, -0.25) is 0 Å². The highest BCUT2D eigenvalue weighted by Crippen LogP contribution is 1.98. The third-order valence-corrected chi connectivity index (χ3v) is 1.85. The van der Waals surface area contributed by atoms with E-state index in [9.17, 15) is 4.79 Å². The van der Waals surface area contributed by atoms with Gasteiger partial charge in [-0.15, -0.1) is 0 Å². The van der Waals surface area contributed by atoms with Gasteiger partial charge in [-0.2, -0.15) is 0 Å². The molecule has 0 fully saturated rings. The van der Waals surface area contributed by atoms with Crippen LogP contribution in [0.5, 0.6) is 0 Å². The third kappa shape index (κ3) is 5.50. The average Bonchev–Trinajstić information content (AvgIpc) is 2.16. The Hall–Kier alpha value is -0.730. The molecular formula is C10H21NO2. The number of nitrogens with zero attached hydrogens (tertiary/aromatic N) is 1. The Morgan fingerprint density at radius 2 is 1.92 bits per heavy atom. The molecule has 0 aromatic rings. The first-order valence-electron chi connectivity index (χ1n) is 5.17. The fraction of sp³-hybridized carbons (Fsp3) is 0.900. The maximum atomic E-state index is 11.3. The zero-order valence-corrected chi connectivity index (χ0v) is 9.01. The minimum atomic E-state index is -0.169. The van der Waals surface area contributed by atoms with Gasteiger partial charge in [-0.1, -0.05) is 20.3 Å². The highest BCUT2D eigenvalue weighted by Gasteiger charge is 2.10. The first-order chi connectivity index (χ1) is 6.26. The zero-order chi connectivity index (χ0) is 10.1. The molecule has 78 valence electrons. The molecular weight excluding hydrogens is 166 g/mol. The molecule has 3 nitrogen and oxygen atoms in total. The van der Waals surface area contributed by atoms with Crippen molar-refractivity contribution < 1.29 is 9.53 Å². The molecule has 0 aliphatic carbocycles. The number of unbranched alkanes of at least 4 members (excludes halogenated alkanes) is 1. The van der Waals surface area contributed by atoms with Gasteiger partial charge in [0, 0.05) is 13.1 Å². The summed E-state index contributed by atoms with van der Waals surface area (Å²) in [5.41, 5.74) is 0. The Morgan fingerprint density at radius 1 is 1.23 bits per heavy atom. The number of carbonyl (C=O) groups excluding carboxylic acids is 1. The van der Waals surface area contributed by atoms with Crippen molar-refractivity contribution in [3.63, 3.8) is 0 Å². The Kier molecular flexibility index (Phi) is 7.45. The van der Waals surface area contributed by atoms with E-state index in [1.165, 1.54) is 0 Å². The fourth-order valence-corrected chi connectivity index (χ4v) is 1.01. The van der Waals surface area contributed by atoms with Gasteiger partial charge < -0.3 is 9.64 Å². The zero-order valence-electron chi connectivity index (χ0n) is 9.01. The first kappa shape index (κ1) is 12.3. The minimum absolute atomic E-state index is 0.169. The third-order valence-electron chi connectivity index (χ3n) is 1.85. The van der Waals surface area contributed by atoms with Gasteiger partial charge in [0.05, 0.1) is 6.61 Å². The fourth-order valence-electron chi connectivity index (χ4n) is 1.01.